The third-order valence-corrected chi connectivity index (χ3v) is 2.56. The first kappa shape index (κ1) is 10.6. The number of methoxy groups -OCH3 is 1. The normalized spacial score (nSPS) is 10.4. The van der Waals surface area contributed by atoms with Gasteiger partial charge in [-0.05, 0) is 36.2 Å². The van der Waals surface area contributed by atoms with Crippen LogP contribution in [0.25, 0.3) is 0 Å². The van der Waals surface area contributed by atoms with Crippen molar-refractivity contribution in [2.24, 2.45) is 0 Å². The quantitative estimate of drug-likeness (QED) is 0.800. The van der Waals surface area contributed by atoms with E-state index in [4.69, 9.17) is 10.5 Å². The predicted octanol–water partition coefficient (Wildman–Crippen LogP) is 2.44. The average Bonchev–Trinajstić information content (AvgIpc) is 2.64. The van der Waals surface area contributed by atoms with Gasteiger partial charge in [0.25, 0.3) is 0 Å². The molecule has 2 rings (SSSR count). The van der Waals surface area contributed by atoms with Crippen molar-refractivity contribution in [1.29, 1.82) is 0 Å². The van der Waals surface area contributed by atoms with E-state index in [9.17, 15) is 0 Å². The van der Waals surface area contributed by atoms with Gasteiger partial charge >= 0.3 is 0 Å². The summed E-state index contributed by atoms with van der Waals surface area (Å²) < 4.78 is 7.26. The number of hydrogen-bond donors (Lipinski definition) is 1. The molecule has 1 aromatic carbocycles. The van der Waals surface area contributed by atoms with Crippen molar-refractivity contribution < 1.29 is 4.74 Å². The van der Waals surface area contributed by atoms with Gasteiger partial charge in [0.1, 0.15) is 5.75 Å². The lowest BCUT2D eigenvalue weighted by Gasteiger charge is -2.08. The first-order valence-electron chi connectivity index (χ1n) is 5.24. The van der Waals surface area contributed by atoms with Crippen molar-refractivity contribution in [2.45, 2.75) is 13.5 Å². The van der Waals surface area contributed by atoms with E-state index >= 15 is 0 Å². The Bertz CT molecular complexity index is 488. The van der Waals surface area contributed by atoms with Crippen LogP contribution in [0.15, 0.2) is 36.7 Å². The highest BCUT2D eigenvalue weighted by Crippen LogP contribution is 2.22. The van der Waals surface area contributed by atoms with E-state index < -0.39 is 0 Å². The summed E-state index contributed by atoms with van der Waals surface area (Å²) in [5.74, 6) is 0.729. The van der Waals surface area contributed by atoms with Gasteiger partial charge in [0.2, 0.25) is 0 Å². The molecule has 2 aromatic rings. The molecule has 1 aromatic heterocycles. The fourth-order valence-electron chi connectivity index (χ4n) is 1.75. The van der Waals surface area contributed by atoms with Gasteiger partial charge in [-0.3, -0.25) is 0 Å². The Morgan fingerprint density at radius 3 is 2.69 bits per heavy atom. The number of hydrogen-bond acceptors (Lipinski definition) is 2. The Morgan fingerprint density at radius 1 is 1.31 bits per heavy atom. The number of nitrogen functional groups attached to an aromatic ring is 1. The highest BCUT2D eigenvalue weighted by molar-refractivity contribution is 5.54. The highest BCUT2D eigenvalue weighted by Gasteiger charge is 2.01. The molecule has 0 bridgehead atoms. The predicted molar refractivity (Wildman–Crippen MR) is 65.7 cm³/mol. The van der Waals surface area contributed by atoms with Crippen LogP contribution in [0, 0.1) is 6.92 Å². The maximum atomic E-state index is 5.86. The molecule has 0 aliphatic heterocycles. The first-order chi connectivity index (χ1) is 7.69. The minimum Gasteiger partial charge on any atom is -0.495 e. The second-order valence-corrected chi connectivity index (χ2v) is 3.94. The Morgan fingerprint density at radius 2 is 2.12 bits per heavy atom. The minimum atomic E-state index is 0.684. The maximum absolute atomic E-state index is 5.86. The van der Waals surface area contributed by atoms with Crippen LogP contribution < -0.4 is 10.5 Å². The van der Waals surface area contributed by atoms with Crippen LogP contribution >= 0.6 is 0 Å². The molecule has 0 aliphatic carbocycles. The lowest BCUT2D eigenvalue weighted by Crippen LogP contribution is -1.99. The Hall–Kier alpha value is -1.90. The highest BCUT2D eigenvalue weighted by atomic mass is 16.5. The van der Waals surface area contributed by atoms with E-state index in [0.29, 0.717) is 5.69 Å². The van der Waals surface area contributed by atoms with E-state index in [1.807, 2.05) is 18.2 Å². The number of rotatable bonds is 3. The molecule has 0 spiro atoms. The van der Waals surface area contributed by atoms with E-state index in [0.717, 1.165) is 12.3 Å². The summed E-state index contributed by atoms with van der Waals surface area (Å²) in [5.41, 5.74) is 8.98. The number of benzene rings is 1. The zero-order valence-electron chi connectivity index (χ0n) is 9.60. The standard InChI is InChI=1S/C13H16N2O/c1-10-5-6-15(8-10)9-11-3-4-13(16-2)12(14)7-11/h3-8H,9,14H2,1-2H3. The molecule has 2 N–H and O–H groups in total. The van der Waals surface area contributed by atoms with Gasteiger partial charge in [-0.1, -0.05) is 6.07 Å². The molecular weight excluding hydrogens is 200 g/mol. The summed E-state index contributed by atoms with van der Waals surface area (Å²) >= 11 is 0. The first-order valence-corrected chi connectivity index (χ1v) is 5.24. The molecule has 3 heteroatoms. The fraction of sp³-hybridized carbons (Fsp3) is 0.231. The monoisotopic (exact) mass is 216 g/mol. The second kappa shape index (κ2) is 4.31. The van der Waals surface area contributed by atoms with Crippen LogP contribution in [0.5, 0.6) is 5.75 Å². The van der Waals surface area contributed by atoms with Gasteiger partial charge < -0.3 is 15.0 Å². The topological polar surface area (TPSA) is 40.2 Å². The summed E-state index contributed by atoms with van der Waals surface area (Å²) in [4.78, 5) is 0. The molecule has 0 saturated carbocycles. The molecule has 0 radical (unpaired) electrons. The third kappa shape index (κ3) is 2.19. The molecule has 0 saturated heterocycles. The van der Waals surface area contributed by atoms with Crippen molar-refractivity contribution in [3.63, 3.8) is 0 Å². The van der Waals surface area contributed by atoms with Gasteiger partial charge in [-0.15, -0.1) is 0 Å². The average molecular weight is 216 g/mol. The van der Waals surface area contributed by atoms with E-state index in [1.165, 1.54) is 11.1 Å². The fourth-order valence-corrected chi connectivity index (χ4v) is 1.75. The van der Waals surface area contributed by atoms with Crippen molar-refractivity contribution in [3.8, 4) is 5.75 Å². The van der Waals surface area contributed by atoms with Crippen LogP contribution in [0.4, 0.5) is 5.69 Å². The van der Waals surface area contributed by atoms with Gasteiger partial charge in [0, 0.05) is 18.9 Å². The van der Waals surface area contributed by atoms with Crippen LogP contribution in [-0.4, -0.2) is 11.7 Å². The lowest BCUT2D eigenvalue weighted by atomic mass is 10.2. The molecular formula is C13H16N2O. The minimum absolute atomic E-state index is 0.684. The Balaban J connectivity index is 2.19. The number of aryl methyl sites for hydroxylation is 1. The van der Waals surface area contributed by atoms with Gasteiger partial charge in [0.05, 0.1) is 12.8 Å². The summed E-state index contributed by atoms with van der Waals surface area (Å²) in [6, 6.07) is 7.98. The molecule has 16 heavy (non-hydrogen) atoms. The van der Waals surface area contributed by atoms with Crippen molar-refractivity contribution in [3.05, 3.63) is 47.8 Å². The summed E-state index contributed by atoms with van der Waals surface area (Å²) in [5, 5.41) is 0. The molecule has 84 valence electrons. The van der Waals surface area contributed by atoms with Crippen LogP contribution in [0.2, 0.25) is 0 Å². The summed E-state index contributed by atoms with van der Waals surface area (Å²) in [7, 11) is 1.63. The molecule has 3 nitrogen and oxygen atoms in total. The SMILES string of the molecule is COc1ccc(Cn2ccc(C)c2)cc1N. The Labute approximate surface area is 95.5 Å². The molecule has 1 heterocycles. The maximum Gasteiger partial charge on any atom is 0.141 e. The van der Waals surface area contributed by atoms with Crippen molar-refractivity contribution >= 4 is 5.69 Å². The second-order valence-electron chi connectivity index (χ2n) is 3.94. The molecule has 0 unspecified atom stereocenters. The number of anilines is 1. The smallest absolute Gasteiger partial charge is 0.141 e. The molecule has 0 amide bonds. The van der Waals surface area contributed by atoms with Crippen LogP contribution in [0.1, 0.15) is 11.1 Å². The van der Waals surface area contributed by atoms with Crippen molar-refractivity contribution in [2.75, 3.05) is 12.8 Å². The van der Waals surface area contributed by atoms with E-state index in [1.54, 1.807) is 7.11 Å². The third-order valence-electron chi connectivity index (χ3n) is 2.56. The molecule has 0 aliphatic rings. The van der Waals surface area contributed by atoms with Crippen molar-refractivity contribution in [1.82, 2.24) is 4.57 Å². The number of nitrogens with two attached hydrogens (primary N) is 1. The van der Waals surface area contributed by atoms with Gasteiger partial charge in [0.15, 0.2) is 0 Å². The number of aromatic nitrogens is 1. The summed E-state index contributed by atoms with van der Waals surface area (Å²) in [6.45, 7) is 2.92. The Kier molecular flexibility index (Phi) is 2.86. The lowest BCUT2D eigenvalue weighted by molar-refractivity contribution is 0.417. The molecule has 0 atom stereocenters. The van der Waals surface area contributed by atoms with Gasteiger partial charge in [-0.2, -0.15) is 0 Å². The zero-order valence-corrected chi connectivity index (χ0v) is 9.60. The number of nitrogens with zero attached hydrogens (tertiary/aromatic N) is 1. The van der Waals surface area contributed by atoms with Crippen LogP contribution in [-0.2, 0) is 6.54 Å². The zero-order chi connectivity index (χ0) is 11.5. The largest absolute Gasteiger partial charge is 0.495 e. The summed E-state index contributed by atoms with van der Waals surface area (Å²) in [6.07, 6.45) is 4.18. The van der Waals surface area contributed by atoms with E-state index in [-0.39, 0.29) is 0 Å². The molecule has 0 fully saturated rings. The van der Waals surface area contributed by atoms with Gasteiger partial charge in [-0.25, -0.2) is 0 Å². The number of ether oxygens (including phenoxy) is 1. The van der Waals surface area contributed by atoms with Crippen LogP contribution in [0.3, 0.4) is 0 Å². The van der Waals surface area contributed by atoms with E-state index in [2.05, 4.69) is 30.0 Å².